The number of halogens is 2. The van der Waals surface area contributed by atoms with Gasteiger partial charge in [-0.3, -0.25) is 14.3 Å². The molecule has 5 heterocycles. The molecule has 10 nitrogen and oxygen atoms in total. The van der Waals surface area contributed by atoms with Gasteiger partial charge < -0.3 is 14.4 Å². The van der Waals surface area contributed by atoms with Crippen LogP contribution in [0.3, 0.4) is 0 Å². The Morgan fingerprint density at radius 1 is 1.10 bits per heavy atom. The molecule has 0 saturated heterocycles. The molecule has 1 aliphatic heterocycles. The first-order valence-electron chi connectivity index (χ1n) is 15.2. The van der Waals surface area contributed by atoms with Crippen LogP contribution in [0.4, 0.5) is 8.78 Å². The van der Waals surface area contributed by atoms with Crippen LogP contribution in [0.2, 0.25) is 0 Å². The van der Waals surface area contributed by atoms with Crippen molar-refractivity contribution >= 4 is 38.1 Å². The van der Waals surface area contributed by atoms with Crippen molar-refractivity contribution in [2.75, 3.05) is 20.3 Å². The lowest BCUT2D eigenvalue weighted by Crippen LogP contribution is -2.44. The number of fused-ring (bicyclic) bond motifs is 3. The molecule has 0 saturated carbocycles. The molecular formula is C35H30F2N6O4S. The van der Waals surface area contributed by atoms with Crippen molar-refractivity contribution in [3.8, 4) is 39.5 Å². The number of hydrogen-bond donors (Lipinski definition) is 0. The van der Waals surface area contributed by atoms with Crippen molar-refractivity contribution in [1.29, 1.82) is 0 Å². The molecule has 0 spiro atoms. The van der Waals surface area contributed by atoms with Crippen LogP contribution in [-0.2, 0) is 29.7 Å². The van der Waals surface area contributed by atoms with Gasteiger partial charge in [-0.15, -0.1) is 11.3 Å². The number of ether oxygens (including phenoxy) is 2. The average molecular weight is 669 g/mol. The third-order valence-electron chi connectivity index (χ3n) is 8.51. The number of carbonyl (C=O) groups excluding carboxylic acids is 1. The molecule has 2 aromatic carbocycles. The Morgan fingerprint density at radius 2 is 1.94 bits per heavy atom. The molecule has 0 unspecified atom stereocenters. The van der Waals surface area contributed by atoms with Gasteiger partial charge in [0.2, 0.25) is 5.91 Å². The van der Waals surface area contributed by atoms with Crippen LogP contribution >= 0.6 is 11.3 Å². The van der Waals surface area contributed by atoms with Crippen LogP contribution in [0.15, 0.2) is 71.5 Å². The highest BCUT2D eigenvalue weighted by Crippen LogP contribution is 2.47. The number of hydrogen-bond acceptors (Lipinski definition) is 8. The molecule has 244 valence electrons. The number of pyridine rings is 1. The summed E-state index contributed by atoms with van der Waals surface area (Å²) in [6.45, 7) is 6.56. The summed E-state index contributed by atoms with van der Waals surface area (Å²) in [5.74, 6) is -1.81. The first-order valence-corrected chi connectivity index (χ1v) is 16.0. The van der Waals surface area contributed by atoms with Crippen LogP contribution in [-0.4, -0.2) is 61.7 Å². The molecule has 0 N–H and O–H groups in total. The van der Waals surface area contributed by atoms with Gasteiger partial charge in [-0.25, -0.2) is 18.4 Å². The highest BCUT2D eigenvalue weighted by molar-refractivity contribution is 7.18. The molecule has 0 fully saturated rings. The van der Waals surface area contributed by atoms with E-state index >= 15 is 4.39 Å². The molecule has 48 heavy (non-hydrogen) atoms. The second kappa shape index (κ2) is 12.4. The second-order valence-electron chi connectivity index (χ2n) is 11.5. The topological polar surface area (TPSA) is 104 Å². The lowest BCUT2D eigenvalue weighted by molar-refractivity contribution is -0.129. The van der Waals surface area contributed by atoms with Crippen molar-refractivity contribution in [1.82, 2.24) is 29.4 Å². The lowest BCUT2D eigenvalue weighted by atomic mass is 9.96. The van der Waals surface area contributed by atoms with Crippen molar-refractivity contribution in [2.24, 2.45) is 7.05 Å². The quantitative estimate of drug-likeness (QED) is 0.146. The predicted octanol–water partition coefficient (Wildman–Crippen LogP) is 5.96. The maximum absolute atomic E-state index is 16.1. The van der Waals surface area contributed by atoms with Crippen molar-refractivity contribution in [3.05, 3.63) is 94.4 Å². The summed E-state index contributed by atoms with van der Waals surface area (Å²) < 4.78 is 45.5. The van der Waals surface area contributed by atoms with Gasteiger partial charge in [-0.1, -0.05) is 18.7 Å². The number of amides is 1. The highest BCUT2D eigenvalue weighted by Gasteiger charge is 2.30. The first-order chi connectivity index (χ1) is 23.2. The Bertz CT molecular complexity index is 2310. The minimum absolute atomic E-state index is 0.00268. The summed E-state index contributed by atoms with van der Waals surface area (Å²) in [5.41, 5.74) is 2.92. The van der Waals surface area contributed by atoms with Gasteiger partial charge in [0, 0.05) is 58.9 Å². The number of thiophene rings is 1. The van der Waals surface area contributed by atoms with E-state index in [0.717, 1.165) is 17.8 Å². The molecule has 6 aromatic rings. The van der Waals surface area contributed by atoms with E-state index in [1.807, 2.05) is 41.3 Å². The van der Waals surface area contributed by atoms with Crippen molar-refractivity contribution < 1.29 is 23.0 Å². The highest BCUT2D eigenvalue weighted by atomic mass is 32.1. The number of methoxy groups -OCH3 is 1. The molecular weight excluding hydrogens is 638 g/mol. The van der Waals surface area contributed by atoms with Gasteiger partial charge in [-0.05, 0) is 36.6 Å². The normalized spacial score (nSPS) is 14.4. The van der Waals surface area contributed by atoms with E-state index in [9.17, 15) is 14.0 Å². The second-order valence-corrected chi connectivity index (χ2v) is 12.5. The molecule has 13 heteroatoms. The molecule has 0 aliphatic carbocycles. The van der Waals surface area contributed by atoms with Crippen LogP contribution in [0.5, 0.6) is 5.75 Å². The zero-order valence-electron chi connectivity index (χ0n) is 26.4. The zero-order chi connectivity index (χ0) is 33.7. The van der Waals surface area contributed by atoms with Gasteiger partial charge in [0.25, 0.3) is 5.56 Å². The Labute approximate surface area is 277 Å². The molecule has 0 bridgehead atoms. The molecule has 0 radical (unpaired) electrons. The molecule has 7 rings (SSSR count). The van der Waals surface area contributed by atoms with Crippen molar-refractivity contribution in [2.45, 2.75) is 26.1 Å². The van der Waals surface area contributed by atoms with E-state index in [4.69, 9.17) is 19.6 Å². The minimum atomic E-state index is -0.824. The SMILES string of the molecule is C=CC(=O)N1Cc2cc(-c3nc(-c4ccc5cnn(C)c(=O)c5c4)c4ccsc4c3-c3c(F)cc(F)cc3OCCOC)nn2C[C@H]1C. The number of aromatic nitrogens is 5. The Hall–Kier alpha value is -5.27. The summed E-state index contributed by atoms with van der Waals surface area (Å²) in [7, 11) is 3.10. The number of benzene rings is 2. The maximum Gasteiger partial charge on any atom is 0.274 e. The number of rotatable bonds is 8. The van der Waals surface area contributed by atoms with Gasteiger partial charge >= 0.3 is 0 Å². The summed E-state index contributed by atoms with van der Waals surface area (Å²) in [5, 5.41) is 12.8. The van der Waals surface area contributed by atoms with Crippen LogP contribution in [0.25, 0.3) is 54.6 Å². The van der Waals surface area contributed by atoms with Crippen LogP contribution in [0, 0.1) is 11.6 Å². The van der Waals surface area contributed by atoms with Gasteiger partial charge in [0.05, 0.1) is 48.2 Å². The number of nitrogens with zero attached hydrogens (tertiary/aromatic N) is 6. The van der Waals surface area contributed by atoms with Crippen molar-refractivity contribution in [3.63, 3.8) is 0 Å². The fraction of sp³-hybridized carbons (Fsp3) is 0.229. The third-order valence-corrected chi connectivity index (χ3v) is 9.44. The summed E-state index contributed by atoms with van der Waals surface area (Å²) in [6.07, 6.45) is 2.91. The van der Waals surface area contributed by atoms with Crippen LogP contribution in [0.1, 0.15) is 12.6 Å². The molecule has 1 atom stereocenters. The average Bonchev–Trinajstić information content (AvgIpc) is 3.73. The third kappa shape index (κ3) is 5.34. The fourth-order valence-corrected chi connectivity index (χ4v) is 7.08. The van der Waals surface area contributed by atoms with Crippen LogP contribution < -0.4 is 10.3 Å². The number of carbonyl (C=O) groups is 1. The van der Waals surface area contributed by atoms with Gasteiger partial charge in [0.15, 0.2) is 0 Å². The standard InChI is InChI=1S/C35H30F2N6O4S/c1-5-29(44)42-18-23-15-27(40-43(23)17-19(42)2)33-31(30-26(37)13-22(36)14-28(30)47-10-9-46-4)34-24(8-11-48-34)32(39-33)20-6-7-21-16-38-41(3)35(45)25(21)12-20/h5-8,11-16,19H,1,9-10,17-18H2,2-4H3/t19-/m1/s1. The molecule has 4 aromatic heterocycles. The minimum Gasteiger partial charge on any atom is -0.490 e. The first kappa shape index (κ1) is 31.3. The zero-order valence-corrected chi connectivity index (χ0v) is 27.2. The maximum atomic E-state index is 16.1. The Balaban J connectivity index is 1.51. The smallest absolute Gasteiger partial charge is 0.274 e. The molecule has 1 amide bonds. The largest absolute Gasteiger partial charge is 0.490 e. The Kier molecular flexibility index (Phi) is 8.09. The lowest BCUT2D eigenvalue weighted by Gasteiger charge is -2.33. The summed E-state index contributed by atoms with van der Waals surface area (Å²) in [6, 6.07) is 11.0. The fourth-order valence-electron chi connectivity index (χ4n) is 6.13. The van der Waals surface area contributed by atoms with Gasteiger partial charge in [-0.2, -0.15) is 10.2 Å². The number of aryl methyl sites for hydroxylation is 1. The monoisotopic (exact) mass is 668 g/mol. The van der Waals surface area contributed by atoms with E-state index in [1.54, 1.807) is 24.2 Å². The summed E-state index contributed by atoms with van der Waals surface area (Å²) in [4.78, 5) is 32.5. The van der Waals surface area contributed by atoms with E-state index in [1.165, 1.54) is 29.2 Å². The van der Waals surface area contributed by atoms with E-state index in [-0.39, 0.29) is 42.0 Å². The summed E-state index contributed by atoms with van der Waals surface area (Å²) >= 11 is 1.37. The van der Waals surface area contributed by atoms with Gasteiger partial charge in [0.1, 0.15) is 35.4 Å². The predicted molar refractivity (Wildman–Crippen MR) is 180 cm³/mol. The Morgan fingerprint density at radius 3 is 2.73 bits per heavy atom. The molecule has 1 aliphatic rings. The van der Waals surface area contributed by atoms with E-state index in [0.29, 0.717) is 62.2 Å². The van der Waals surface area contributed by atoms with E-state index in [2.05, 4.69) is 11.7 Å². The van der Waals surface area contributed by atoms with E-state index < -0.39 is 11.6 Å².